The van der Waals surface area contributed by atoms with Gasteiger partial charge in [-0.1, -0.05) is 24.3 Å². The van der Waals surface area contributed by atoms with E-state index in [1.165, 1.54) is 12.8 Å². The maximum Gasteiger partial charge on any atom is 0.183 e. The van der Waals surface area contributed by atoms with Crippen molar-refractivity contribution in [1.29, 1.82) is 0 Å². The monoisotopic (exact) mass is 364 g/mol. The fourth-order valence-electron chi connectivity index (χ4n) is 3.20. The minimum atomic E-state index is 0.614. The molecular formula is C20H20N4OS. The second kappa shape index (κ2) is 6.29. The molecule has 26 heavy (non-hydrogen) atoms. The van der Waals surface area contributed by atoms with Gasteiger partial charge in [0.2, 0.25) is 0 Å². The number of benzene rings is 1. The number of nitrogens with zero attached hydrogens (tertiary/aromatic N) is 3. The number of thiazole rings is 1. The van der Waals surface area contributed by atoms with Crippen molar-refractivity contribution in [2.75, 3.05) is 30.4 Å². The van der Waals surface area contributed by atoms with E-state index in [9.17, 15) is 0 Å². The zero-order chi connectivity index (χ0) is 17.5. The van der Waals surface area contributed by atoms with E-state index in [0.29, 0.717) is 12.6 Å². The molecular weight excluding hydrogens is 344 g/mol. The average Bonchev–Trinajstić information content (AvgIpc) is 3.36. The molecule has 0 spiro atoms. The Morgan fingerprint density at radius 1 is 1.23 bits per heavy atom. The van der Waals surface area contributed by atoms with Gasteiger partial charge in [0.25, 0.3) is 0 Å². The lowest BCUT2D eigenvalue weighted by molar-refractivity contribution is 0.309. The molecule has 5 rings (SSSR count). The lowest BCUT2D eigenvalue weighted by Gasteiger charge is -2.26. The first-order valence-electron chi connectivity index (χ1n) is 8.94. The molecule has 0 saturated heterocycles. The molecule has 1 saturated carbocycles. The fourth-order valence-corrected chi connectivity index (χ4v) is 3.99. The Bertz CT molecular complexity index is 950. The zero-order valence-electron chi connectivity index (χ0n) is 14.6. The van der Waals surface area contributed by atoms with E-state index in [-0.39, 0.29) is 0 Å². The third kappa shape index (κ3) is 2.90. The molecule has 2 aromatic heterocycles. The van der Waals surface area contributed by atoms with Gasteiger partial charge in [-0.2, -0.15) is 0 Å². The Balaban J connectivity index is 1.53. The lowest BCUT2D eigenvalue weighted by atomic mass is 9.99. The molecule has 132 valence electrons. The highest BCUT2D eigenvalue weighted by Crippen LogP contribution is 2.38. The van der Waals surface area contributed by atoms with Gasteiger partial charge in [0, 0.05) is 35.8 Å². The van der Waals surface area contributed by atoms with Crippen molar-refractivity contribution >= 4 is 22.3 Å². The van der Waals surface area contributed by atoms with Gasteiger partial charge in [-0.15, -0.1) is 11.3 Å². The molecule has 0 amide bonds. The van der Waals surface area contributed by atoms with Gasteiger partial charge in [0.1, 0.15) is 6.61 Å². The Labute approximate surface area is 156 Å². The molecule has 0 atom stereocenters. The maximum atomic E-state index is 5.83. The first-order chi connectivity index (χ1) is 12.8. The number of likely N-dealkylation sites (N-methyl/N-ethyl adjacent to an activating group) is 1. The van der Waals surface area contributed by atoms with E-state index in [1.54, 1.807) is 11.3 Å². The minimum absolute atomic E-state index is 0.614. The quantitative estimate of drug-likeness (QED) is 0.749. The van der Waals surface area contributed by atoms with Gasteiger partial charge in [-0.05, 0) is 24.5 Å². The van der Waals surface area contributed by atoms with Crippen LogP contribution >= 0.6 is 11.3 Å². The molecule has 0 unspecified atom stereocenters. The number of rotatable bonds is 4. The van der Waals surface area contributed by atoms with Gasteiger partial charge in [-0.25, -0.2) is 9.97 Å². The molecule has 1 aliphatic heterocycles. The maximum absolute atomic E-state index is 5.83. The van der Waals surface area contributed by atoms with Crippen LogP contribution in [-0.2, 0) is 0 Å². The molecule has 3 aromatic rings. The van der Waals surface area contributed by atoms with Crippen LogP contribution in [0.2, 0.25) is 0 Å². The van der Waals surface area contributed by atoms with Crippen molar-refractivity contribution in [2.45, 2.75) is 18.9 Å². The lowest BCUT2D eigenvalue weighted by Crippen LogP contribution is -2.29. The summed E-state index contributed by atoms with van der Waals surface area (Å²) in [4.78, 5) is 11.6. The van der Waals surface area contributed by atoms with Crippen LogP contribution in [-0.4, -0.2) is 36.2 Å². The molecule has 0 bridgehead atoms. The number of aromatic nitrogens is 2. The fraction of sp³-hybridized carbons (Fsp3) is 0.300. The number of fused-ring (bicyclic) bond motifs is 1. The van der Waals surface area contributed by atoms with E-state index in [4.69, 9.17) is 9.72 Å². The second-order valence-corrected chi connectivity index (χ2v) is 7.68. The summed E-state index contributed by atoms with van der Waals surface area (Å²) in [5, 5.41) is 6.61. The predicted molar refractivity (Wildman–Crippen MR) is 106 cm³/mol. The van der Waals surface area contributed by atoms with Crippen LogP contribution < -0.4 is 15.0 Å². The van der Waals surface area contributed by atoms with E-state index >= 15 is 0 Å². The van der Waals surface area contributed by atoms with Gasteiger partial charge in [-0.3, -0.25) is 0 Å². The van der Waals surface area contributed by atoms with Crippen molar-refractivity contribution in [3.05, 3.63) is 41.9 Å². The summed E-state index contributed by atoms with van der Waals surface area (Å²) < 4.78 is 5.83. The van der Waals surface area contributed by atoms with E-state index in [0.717, 1.165) is 45.6 Å². The van der Waals surface area contributed by atoms with Crippen LogP contribution in [0, 0.1) is 0 Å². The zero-order valence-corrected chi connectivity index (χ0v) is 15.4. The van der Waals surface area contributed by atoms with Gasteiger partial charge < -0.3 is 15.0 Å². The van der Waals surface area contributed by atoms with Crippen LogP contribution in [0.4, 0.5) is 10.9 Å². The van der Waals surface area contributed by atoms with Crippen molar-refractivity contribution in [3.63, 3.8) is 0 Å². The first-order valence-corrected chi connectivity index (χ1v) is 9.82. The summed E-state index contributed by atoms with van der Waals surface area (Å²) in [5.41, 5.74) is 4.31. The van der Waals surface area contributed by atoms with Crippen molar-refractivity contribution < 1.29 is 4.74 Å². The first kappa shape index (κ1) is 15.6. The largest absolute Gasteiger partial charge is 0.488 e. The number of pyridine rings is 1. The highest BCUT2D eigenvalue weighted by molar-refractivity contribution is 7.14. The smallest absolute Gasteiger partial charge is 0.183 e. The molecule has 1 N–H and O–H groups in total. The Kier molecular flexibility index (Phi) is 3.78. The number of hydrogen-bond donors (Lipinski definition) is 1. The summed E-state index contributed by atoms with van der Waals surface area (Å²) >= 11 is 1.67. The summed E-state index contributed by atoms with van der Waals surface area (Å²) in [6, 6.07) is 11.1. The van der Waals surface area contributed by atoms with E-state index in [1.807, 2.05) is 13.2 Å². The summed E-state index contributed by atoms with van der Waals surface area (Å²) in [6.45, 7) is 1.56. The number of nitrogens with one attached hydrogen (secondary N) is 1. The van der Waals surface area contributed by atoms with Gasteiger partial charge >= 0.3 is 0 Å². The molecule has 3 heterocycles. The molecule has 2 aliphatic rings. The second-order valence-electron chi connectivity index (χ2n) is 6.82. The minimum Gasteiger partial charge on any atom is -0.488 e. The average molecular weight is 364 g/mol. The normalized spacial score (nSPS) is 16.1. The number of hydrogen-bond acceptors (Lipinski definition) is 6. The summed E-state index contributed by atoms with van der Waals surface area (Å²) in [5.74, 6) is 1.75. The highest BCUT2D eigenvalue weighted by Gasteiger charge is 2.23. The van der Waals surface area contributed by atoms with E-state index < -0.39 is 0 Å². The molecule has 1 fully saturated rings. The van der Waals surface area contributed by atoms with Crippen LogP contribution in [0.3, 0.4) is 0 Å². The van der Waals surface area contributed by atoms with Crippen LogP contribution in [0.1, 0.15) is 12.8 Å². The molecule has 1 aromatic carbocycles. The summed E-state index contributed by atoms with van der Waals surface area (Å²) in [7, 11) is 2.05. The molecule has 1 aliphatic carbocycles. The third-order valence-corrected chi connectivity index (χ3v) is 5.58. The van der Waals surface area contributed by atoms with Crippen molar-refractivity contribution in [1.82, 2.24) is 9.97 Å². The Morgan fingerprint density at radius 2 is 2.08 bits per heavy atom. The topological polar surface area (TPSA) is 50.3 Å². The number of ether oxygens (including phenoxy) is 1. The third-order valence-electron chi connectivity index (χ3n) is 4.80. The Hall–Kier alpha value is -2.60. The van der Waals surface area contributed by atoms with Crippen LogP contribution in [0.5, 0.6) is 5.75 Å². The molecule has 0 radical (unpaired) electrons. The highest BCUT2D eigenvalue weighted by atomic mass is 32.1. The van der Waals surface area contributed by atoms with Crippen molar-refractivity contribution in [2.24, 2.45) is 0 Å². The van der Waals surface area contributed by atoms with Gasteiger partial charge in [0.15, 0.2) is 16.7 Å². The SMILES string of the molecule is CN1CCOc2cc(-c3ccccc3-c3csc(NC4CC4)n3)cnc21. The van der Waals surface area contributed by atoms with Gasteiger partial charge in [0.05, 0.1) is 12.2 Å². The molecule has 6 heteroatoms. The predicted octanol–water partition coefficient (Wildman–Crippen LogP) is 4.28. The Morgan fingerprint density at radius 3 is 2.92 bits per heavy atom. The van der Waals surface area contributed by atoms with Crippen LogP contribution in [0.15, 0.2) is 41.9 Å². The summed E-state index contributed by atoms with van der Waals surface area (Å²) in [6.07, 6.45) is 4.43. The van der Waals surface area contributed by atoms with Crippen molar-refractivity contribution in [3.8, 4) is 28.1 Å². The van der Waals surface area contributed by atoms with E-state index in [2.05, 4.69) is 50.9 Å². The molecule has 5 nitrogen and oxygen atoms in total. The standard InChI is InChI=1S/C20H20N4OS/c1-24-8-9-25-18-10-13(11-21-19(18)24)15-4-2-3-5-16(15)17-12-26-20(23-17)22-14-6-7-14/h2-5,10-12,14H,6-9H2,1H3,(H,22,23). The number of anilines is 2. The van der Waals surface area contributed by atoms with Crippen LogP contribution in [0.25, 0.3) is 22.4 Å².